The monoisotopic (exact) mass is 334 g/mol. The van der Waals surface area contributed by atoms with Crippen LogP contribution in [0, 0.1) is 5.92 Å². The van der Waals surface area contributed by atoms with Crippen molar-refractivity contribution in [2.45, 2.75) is 6.04 Å². The van der Waals surface area contributed by atoms with Crippen molar-refractivity contribution >= 4 is 24.2 Å². The van der Waals surface area contributed by atoms with Crippen molar-refractivity contribution < 1.29 is 23.5 Å². The molecule has 3 rings (SSSR count). The summed E-state index contributed by atoms with van der Waals surface area (Å²) in [6.07, 6.45) is 2.27. The van der Waals surface area contributed by atoms with Crippen LogP contribution in [0.3, 0.4) is 0 Å². The van der Waals surface area contributed by atoms with Crippen LogP contribution in [0.15, 0.2) is 27.8 Å². The molecule has 128 valence electrons. The fourth-order valence-electron chi connectivity index (χ4n) is 2.82. The number of carbonyl (C=O) groups is 3. The topological polar surface area (TPSA) is 104 Å². The van der Waals surface area contributed by atoms with Crippen LogP contribution in [0.5, 0.6) is 0 Å². The molecule has 1 saturated heterocycles. The first-order valence-corrected chi connectivity index (χ1v) is 7.58. The van der Waals surface area contributed by atoms with Crippen molar-refractivity contribution in [1.29, 1.82) is 0 Å². The number of aliphatic imine (C=N–C) groups is 1. The molecule has 2 aliphatic rings. The average Bonchev–Trinajstić information content (AvgIpc) is 3.15. The van der Waals surface area contributed by atoms with Crippen molar-refractivity contribution in [3.8, 4) is 0 Å². The van der Waals surface area contributed by atoms with Gasteiger partial charge in [0.1, 0.15) is 11.8 Å². The molecule has 2 amide bonds. The van der Waals surface area contributed by atoms with Gasteiger partial charge in [0.05, 0.1) is 13.4 Å². The van der Waals surface area contributed by atoms with E-state index in [1.807, 2.05) is 4.90 Å². The van der Waals surface area contributed by atoms with Gasteiger partial charge in [0.15, 0.2) is 5.92 Å². The Labute approximate surface area is 138 Å². The van der Waals surface area contributed by atoms with Gasteiger partial charge in [0.25, 0.3) is 0 Å². The van der Waals surface area contributed by atoms with Crippen molar-refractivity contribution in [3.63, 3.8) is 0 Å². The third-order valence-electron chi connectivity index (χ3n) is 4.15. The summed E-state index contributed by atoms with van der Waals surface area (Å²) in [4.78, 5) is 43.3. The Morgan fingerprint density at radius 3 is 2.75 bits per heavy atom. The molecule has 24 heavy (non-hydrogen) atoms. The number of furan rings is 1. The predicted molar refractivity (Wildman–Crippen MR) is 81.7 cm³/mol. The van der Waals surface area contributed by atoms with Crippen molar-refractivity contribution in [3.05, 3.63) is 24.2 Å². The number of esters is 1. The zero-order valence-corrected chi connectivity index (χ0v) is 13.2. The van der Waals surface area contributed by atoms with E-state index in [1.165, 1.54) is 13.4 Å². The predicted octanol–water partition coefficient (Wildman–Crippen LogP) is -0.630. The summed E-state index contributed by atoms with van der Waals surface area (Å²) in [6, 6.07) is 2.57. The minimum atomic E-state index is -1.10. The summed E-state index contributed by atoms with van der Waals surface area (Å²) in [5, 5.41) is 2.66. The Kier molecular flexibility index (Phi) is 4.50. The maximum atomic E-state index is 12.4. The van der Waals surface area contributed by atoms with Gasteiger partial charge in [-0.15, -0.1) is 0 Å². The lowest BCUT2D eigenvalue weighted by atomic mass is 9.95. The molecule has 1 aromatic rings. The van der Waals surface area contributed by atoms with E-state index in [0.717, 1.165) is 6.41 Å². The van der Waals surface area contributed by atoms with Crippen molar-refractivity contribution in [2.75, 3.05) is 33.3 Å². The first-order chi connectivity index (χ1) is 11.6. The number of guanidine groups is 1. The van der Waals surface area contributed by atoms with Crippen LogP contribution in [-0.4, -0.2) is 67.3 Å². The Balaban J connectivity index is 1.87. The molecule has 0 spiro atoms. The fourth-order valence-corrected chi connectivity index (χ4v) is 2.82. The van der Waals surface area contributed by atoms with E-state index in [4.69, 9.17) is 9.15 Å². The Morgan fingerprint density at radius 2 is 2.17 bits per heavy atom. The van der Waals surface area contributed by atoms with Crippen LogP contribution in [0.25, 0.3) is 0 Å². The van der Waals surface area contributed by atoms with Gasteiger partial charge < -0.3 is 19.0 Å². The Hall–Kier alpha value is -2.84. The lowest BCUT2D eigenvalue weighted by molar-refractivity contribution is -0.151. The molecular weight excluding hydrogens is 316 g/mol. The standard InChI is InChI=1S/C15H18N4O5/c1-23-14(22)11-12(10-3-2-8-24-10)16-15(17-13(11)21)19-6-4-18(9-20)5-7-19/h2-3,8-9,11-12H,4-7H2,1H3,(H,16,17,21)/t11-,12+/m1/s1. The highest BCUT2D eigenvalue weighted by Gasteiger charge is 2.43. The van der Waals surface area contributed by atoms with Gasteiger partial charge in [-0.2, -0.15) is 0 Å². The van der Waals surface area contributed by atoms with Crippen molar-refractivity contribution in [2.24, 2.45) is 10.9 Å². The molecule has 2 atom stereocenters. The number of hydrogen-bond acceptors (Lipinski definition) is 7. The maximum Gasteiger partial charge on any atom is 0.320 e. The molecule has 1 N–H and O–H groups in total. The minimum absolute atomic E-state index is 0.382. The Morgan fingerprint density at radius 1 is 1.42 bits per heavy atom. The molecule has 0 aromatic carbocycles. The van der Waals surface area contributed by atoms with E-state index in [9.17, 15) is 14.4 Å². The molecule has 1 aromatic heterocycles. The molecular formula is C15H18N4O5. The first kappa shape index (κ1) is 16.0. The molecule has 2 aliphatic heterocycles. The van der Waals surface area contributed by atoms with Gasteiger partial charge in [-0.25, -0.2) is 4.99 Å². The van der Waals surface area contributed by atoms with E-state index in [1.54, 1.807) is 17.0 Å². The average molecular weight is 334 g/mol. The van der Waals surface area contributed by atoms with Gasteiger partial charge in [0, 0.05) is 26.2 Å². The number of nitrogens with zero attached hydrogens (tertiary/aromatic N) is 3. The lowest BCUT2D eigenvalue weighted by Gasteiger charge is -2.37. The van der Waals surface area contributed by atoms with Gasteiger partial charge in [-0.05, 0) is 12.1 Å². The zero-order valence-electron chi connectivity index (χ0n) is 13.2. The summed E-state index contributed by atoms with van der Waals surface area (Å²) in [6.45, 7) is 2.19. The van der Waals surface area contributed by atoms with Crippen molar-refractivity contribution in [1.82, 2.24) is 15.1 Å². The SMILES string of the molecule is COC(=O)[C@H]1C(=O)NC(N2CCN(C=O)CC2)=N[C@H]1c1ccco1. The van der Waals surface area contributed by atoms with Crippen LogP contribution in [0.2, 0.25) is 0 Å². The van der Waals surface area contributed by atoms with Gasteiger partial charge in [0.2, 0.25) is 18.3 Å². The lowest BCUT2D eigenvalue weighted by Crippen LogP contribution is -2.57. The minimum Gasteiger partial charge on any atom is -0.468 e. The normalized spacial score (nSPS) is 24.2. The zero-order chi connectivity index (χ0) is 17.1. The van der Waals surface area contributed by atoms with E-state index < -0.39 is 23.8 Å². The number of nitrogens with one attached hydrogen (secondary N) is 1. The molecule has 0 aliphatic carbocycles. The molecule has 0 bridgehead atoms. The number of hydrogen-bond donors (Lipinski definition) is 1. The summed E-state index contributed by atoms with van der Waals surface area (Å²) >= 11 is 0. The summed E-state index contributed by atoms with van der Waals surface area (Å²) < 4.78 is 10.1. The van der Waals surface area contributed by atoms with Gasteiger partial charge >= 0.3 is 5.97 Å². The van der Waals surface area contributed by atoms with E-state index in [0.29, 0.717) is 37.9 Å². The number of ether oxygens (including phenoxy) is 1. The second-order valence-electron chi connectivity index (χ2n) is 5.53. The van der Waals surface area contributed by atoms with Crippen LogP contribution in [0.1, 0.15) is 11.8 Å². The Bertz CT molecular complexity index is 649. The smallest absolute Gasteiger partial charge is 0.320 e. The van der Waals surface area contributed by atoms with Crippen LogP contribution in [-0.2, 0) is 19.1 Å². The van der Waals surface area contributed by atoms with Crippen LogP contribution >= 0.6 is 0 Å². The number of piperazine rings is 1. The molecule has 0 saturated carbocycles. The summed E-state index contributed by atoms with van der Waals surface area (Å²) in [5.74, 6) is -1.44. The summed E-state index contributed by atoms with van der Waals surface area (Å²) in [7, 11) is 1.23. The third kappa shape index (κ3) is 2.97. The van der Waals surface area contributed by atoms with E-state index in [-0.39, 0.29) is 0 Å². The fraction of sp³-hybridized carbons (Fsp3) is 0.467. The molecule has 0 radical (unpaired) electrons. The molecule has 1 fully saturated rings. The van der Waals surface area contributed by atoms with Gasteiger partial charge in [-0.1, -0.05) is 0 Å². The van der Waals surface area contributed by atoms with Gasteiger partial charge in [-0.3, -0.25) is 19.7 Å². The van der Waals surface area contributed by atoms with E-state index in [2.05, 4.69) is 10.3 Å². The highest BCUT2D eigenvalue weighted by molar-refractivity contribution is 6.08. The molecule has 9 heteroatoms. The number of carbonyl (C=O) groups excluding carboxylic acids is 3. The second kappa shape index (κ2) is 6.73. The molecule has 0 unspecified atom stereocenters. The number of amides is 2. The highest BCUT2D eigenvalue weighted by Crippen LogP contribution is 2.31. The third-order valence-corrected chi connectivity index (χ3v) is 4.15. The molecule has 3 heterocycles. The second-order valence-corrected chi connectivity index (χ2v) is 5.53. The highest BCUT2D eigenvalue weighted by atomic mass is 16.5. The first-order valence-electron chi connectivity index (χ1n) is 7.58. The number of methoxy groups -OCH3 is 1. The van der Waals surface area contributed by atoms with E-state index >= 15 is 0 Å². The largest absolute Gasteiger partial charge is 0.468 e. The maximum absolute atomic E-state index is 12.4. The quantitative estimate of drug-likeness (QED) is 0.448. The van der Waals surface area contributed by atoms with Crippen LogP contribution < -0.4 is 5.32 Å². The molecule has 9 nitrogen and oxygen atoms in total. The van der Waals surface area contributed by atoms with Crippen LogP contribution in [0.4, 0.5) is 0 Å². The summed E-state index contributed by atoms with van der Waals surface area (Å²) in [5.41, 5.74) is 0. The number of rotatable bonds is 3.